The van der Waals surface area contributed by atoms with Crippen LogP contribution in [-0.4, -0.2) is 48.4 Å². The zero-order valence-electron chi connectivity index (χ0n) is 8.23. The molecule has 1 rings (SSSR count). The summed E-state index contributed by atoms with van der Waals surface area (Å²) in [5.41, 5.74) is 5.63. The first-order valence-electron chi connectivity index (χ1n) is 4.80. The fraction of sp³-hybridized carbons (Fsp3) is 0.875. The van der Waals surface area contributed by atoms with Gasteiger partial charge in [0.1, 0.15) is 7.85 Å². The molecule has 0 aromatic heterocycles. The molecule has 0 aliphatic carbocycles. The first kappa shape index (κ1) is 10.5. The van der Waals surface area contributed by atoms with E-state index in [1.165, 1.54) is 0 Å². The lowest BCUT2D eigenvalue weighted by molar-refractivity contribution is -0.132. The molecule has 74 valence electrons. The van der Waals surface area contributed by atoms with Crippen LogP contribution in [0.15, 0.2) is 0 Å². The summed E-state index contributed by atoms with van der Waals surface area (Å²) < 4.78 is 0. The fourth-order valence-electron chi connectivity index (χ4n) is 1.70. The minimum absolute atomic E-state index is 0.0356. The van der Waals surface area contributed by atoms with E-state index < -0.39 is 6.04 Å². The lowest BCUT2D eigenvalue weighted by atomic mass is 9.93. The molecule has 5 heteroatoms. The van der Waals surface area contributed by atoms with Crippen LogP contribution >= 0.6 is 0 Å². The van der Waals surface area contributed by atoms with Gasteiger partial charge in [-0.05, 0) is 12.8 Å². The van der Waals surface area contributed by atoms with E-state index in [0.29, 0.717) is 19.4 Å². The van der Waals surface area contributed by atoms with E-state index in [-0.39, 0.29) is 18.0 Å². The number of rotatable bonds is 2. The maximum atomic E-state index is 11.6. The number of likely N-dealkylation sites (tertiary alicyclic amines) is 1. The van der Waals surface area contributed by atoms with E-state index in [9.17, 15) is 9.90 Å². The number of hydrogen-bond acceptors (Lipinski definition) is 3. The van der Waals surface area contributed by atoms with Crippen molar-refractivity contribution in [2.45, 2.75) is 37.9 Å². The van der Waals surface area contributed by atoms with Gasteiger partial charge in [0.05, 0.1) is 12.1 Å². The van der Waals surface area contributed by atoms with Gasteiger partial charge in [-0.2, -0.15) is 0 Å². The van der Waals surface area contributed by atoms with E-state index in [1.54, 1.807) is 4.90 Å². The van der Waals surface area contributed by atoms with Gasteiger partial charge in [0.2, 0.25) is 5.91 Å². The topological polar surface area (TPSA) is 66.6 Å². The number of β-amino-alcohol motifs (C(OH)–C–C–N with tert-alkyl or cyclic N) is 1. The monoisotopic (exact) mass is 184 g/mol. The van der Waals surface area contributed by atoms with Crippen LogP contribution in [0.5, 0.6) is 0 Å². The molecular formula is C8H17BN2O2. The molecule has 0 spiro atoms. The van der Waals surface area contributed by atoms with E-state index in [2.05, 4.69) is 0 Å². The van der Waals surface area contributed by atoms with E-state index >= 15 is 0 Å². The van der Waals surface area contributed by atoms with Crippen molar-refractivity contribution in [3.8, 4) is 0 Å². The lowest BCUT2D eigenvalue weighted by Crippen LogP contribution is -2.46. The molecule has 1 aliphatic rings. The number of nitrogens with two attached hydrogens (primary N) is 1. The Bertz CT molecular complexity index is 201. The van der Waals surface area contributed by atoms with Gasteiger partial charge in [0, 0.05) is 12.5 Å². The van der Waals surface area contributed by atoms with Crippen molar-refractivity contribution < 1.29 is 9.90 Å². The largest absolute Gasteiger partial charge is 0.391 e. The molecule has 1 aliphatic heterocycles. The number of aliphatic hydroxyl groups excluding tert-OH is 1. The van der Waals surface area contributed by atoms with Gasteiger partial charge in [-0.3, -0.25) is 4.79 Å². The van der Waals surface area contributed by atoms with Crippen LogP contribution in [0.2, 0.25) is 0 Å². The van der Waals surface area contributed by atoms with E-state index in [4.69, 9.17) is 5.73 Å². The Morgan fingerprint density at radius 2 is 2.46 bits per heavy atom. The van der Waals surface area contributed by atoms with Crippen molar-refractivity contribution in [2.75, 3.05) is 6.54 Å². The normalized spacial score (nSPS) is 30.5. The molecule has 0 aromatic rings. The SMILES string of the molecule is BC1CC(O)CN1C(=O)C(N)CC. The van der Waals surface area contributed by atoms with Crippen molar-refractivity contribution >= 4 is 13.8 Å². The second-order valence-electron chi connectivity index (χ2n) is 3.74. The Labute approximate surface area is 79.5 Å². The van der Waals surface area contributed by atoms with Crippen molar-refractivity contribution in [3.05, 3.63) is 0 Å². The zero-order chi connectivity index (χ0) is 10.0. The Kier molecular flexibility index (Phi) is 3.33. The predicted octanol–water partition coefficient (Wildman–Crippen LogP) is -1.72. The van der Waals surface area contributed by atoms with Crippen LogP contribution in [0, 0.1) is 0 Å². The van der Waals surface area contributed by atoms with Crippen LogP contribution in [0.1, 0.15) is 19.8 Å². The van der Waals surface area contributed by atoms with Gasteiger partial charge >= 0.3 is 0 Å². The molecule has 1 heterocycles. The third kappa shape index (κ3) is 2.22. The number of amides is 1. The summed E-state index contributed by atoms with van der Waals surface area (Å²) in [6, 6.07) is -0.409. The molecule has 0 bridgehead atoms. The van der Waals surface area contributed by atoms with Crippen molar-refractivity contribution in [3.63, 3.8) is 0 Å². The Morgan fingerprint density at radius 3 is 2.85 bits per heavy atom. The van der Waals surface area contributed by atoms with Crippen LogP contribution in [-0.2, 0) is 4.79 Å². The lowest BCUT2D eigenvalue weighted by Gasteiger charge is -2.24. The average Bonchev–Trinajstić information content (AvgIpc) is 2.42. The molecular weight excluding hydrogens is 167 g/mol. The minimum atomic E-state index is -0.409. The smallest absolute Gasteiger partial charge is 0.239 e. The van der Waals surface area contributed by atoms with Crippen molar-refractivity contribution in [1.29, 1.82) is 0 Å². The first-order chi connectivity index (χ1) is 6.06. The Morgan fingerprint density at radius 1 is 1.85 bits per heavy atom. The summed E-state index contributed by atoms with van der Waals surface area (Å²) in [7, 11) is 1.94. The quantitative estimate of drug-likeness (QED) is 0.501. The molecule has 0 aromatic carbocycles. The van der Waals surface area contributed by atoms with Gasteiger partial charge in [-0.15, -0.1) is 0 Å². The Balaban J connectivity index is 2.57. The molecule has 3 atom stereocenters. The highest BCUT2D eigenvalue weighted by Gasteiger charge is 2.32. The van der Waals surface area contributed by atoms with Gasteiger partial charge in [0.25, 0.3) is 0 Å². The van der Waals surface area contributed by atoms with Crippen molar-refractivity contribution in [2.24, 2.45) is 5.73 Å². The minimum Gasteiger partial charge on any atom is -0.391 e. The van der Waals surface area contributed by atoms with Crippen LogP contribution in [0.25, 0.3) is 0 Å². The van der Waals surface area contributed by atoms with Crippen LogP contribution in [0.4, 0.5) is 0 Å². The van der Waals surface area contributed by atoms with Gasteiger partial charge < -0.3 is 15.7 Å². The number of hydrogen-bond donors (Lipinski definition) is 2. The second kappa shape index (κ2) is 4.11. The van der Waals surface area contributed by atoms with Crippen molar-refractivity contribution in [1.82, 2.24) is 4.90 Å². The third-order valence-electron chi connectivity index (χ3n) is 2.59. The van der Waals surface area contributed by atoms with Crippen LogP contribution < -0.4 is 5.73 Å². The highest BCUT2D eigenvalue weighted by atomic mass is 16.3. The summed E-state index contributed by atoms with van der Waals surface area (Å²) in [5, 5.41) is 9.34. The van der Waals surface area contributed by atoms with E-state index in [1.807, 2.05) is 14.8 Å². The molecule has 1 saturated heterocycles. The predicted molar refractivity (Wildman–Crippen MR) is 52.9 cm³/mol. The Hall–Kier alpha value is -0.545. The van der Waals surface area contributed by atoms with Crippen LogP contribution in [0.3, 0.4) is 0 Å². The van der Waals surface area contributed by atoms with Gasteiger partial charge in [-0.1, -0.05) is 6.92 Å². The number of carbonyl (C=O) groups excluding carboxylic acids is 1. The maximum Gasteiger partial charge on any atom is 0.239 e. The van der Waals surface area contributed by atoms with Gasteiger partial charge in [0.15, 0.2) is 0 Å². The summed E-state index contributed by atoms with van der Waals surface area (Å²) in [4.78, 5) is 13.3. The van der Waals surface area contributed by atoms with E-state index in [0.717, 1.165) is 0 Å². The maximum absolute atomic E-state index is 11.6. The molecule has 0 saturated carbocycles. The molecule has 4 nitrogen and oxygen atoms in total. The second-order valence-corrected chi connectivity index (χ2v) is 3.74. The molecule has 3 unspecified atom stereocenters. The highest BCUT2D eigenvalue weighted by molar-refractivity contribution is 6.13. The molecule has 3 N–H and O–H groups in total. The number of carbonyl (C=O) groups is 1. The number of aliphatic hydroxyl groups is 1. The average molecular weight is 184 g/mol. The number of nitrogens with zero attached hydrogens (tertiary/aromatic N) is 1. The molecule has 1 amide bonds. The summed E-state index contributed by atoms with van der Waals surface area (Å²) in [6.45, 7) is 2.33. The summed E-state index contributed by atoms with van der Waals surface area (Å²) >= 11 is 0. The standard InChI is InChI=1S/C8H17BN2O2/c1-2-6(10)8(13)11-4-5(12)3-7(11)9/h5-7,12H,2-4,9-10H2,1H3. The summed E-state index contributed by atoms with van der Waals surface area (Å²) in [5.74, 6) is 0.0895. The molecule has 1 fully saturated rings. The highest BCUT2D eigenvalue weighted by Crippen LogP contribution is 2.16. The third-order valence-corrected chi connectivity index (χ3v) is 2.59. The summed E-state index contributed by atoms with van der Waals surface area (Å²) in [6.07, 6.45) is 0.948. The van der Waals surface area contributed by atoms with Gasteiger partial charge in [-0.25, -0.2) is 0 Å². The molecule has 0 radical (unpaired) electrons. The first-order valence-corrected chi connectivity index (χ1v) is 4.80. The fourth-order valence-corrected chi connectivity index (χ4v) is 1.70. The zero-order valence-corrected chi connectivity index (χ0v) is 8.23. The molecule has 13 heavy (non-hydrogen) atoms.